The fourth-order valence-corrected chi connectivity index (χ4v) is 3.18. The van der Waals surface area contributed by atoms with Gasteiger partial charge < -0.3 is 18.8 Å². The number of morpholine rings is 1. The molecule has 0 N–H and O–H groups in total. The third-order valence-corrected chi connectivity index (χ3v) is 4.68. The molecule has 1 saturated heterocycles. The molecule has 1 fully saturated rings. The molecule has 0 aromatic carbocycles. The largest absolute Gasteiger partial charge is 0.475 e. The Morgan fingerprint density at radius 3 is 3.00 bits per heavy atom. The highest BCUT2D eigenvalue weighted by Crippen LogP contribution is 2.17. The molecule has 0 bridgehead atoms. The Bertz CT molecular complexity index is 711. The van der Waals surface area contributed by atoms with Crippen LogP contribution in [0.3, 0.4) is 0 Å². The number of imidazole rings is 1. The van der Waals surface area contributed by atoms with Crippen LogP contribution in [0.5, 0.6) is 5.88 Å². The van der Waals surface area contributed by atoms with E-state index in [4.69, 9.17) is 14.2 Å². The molecule has 1 atom stereocenters. The number of rotatable bonds is 8. The summed E-state index contributed by atoms with van der Waals surface area (Å²) in [5.41, 5.74) is 0.808. The van der Waals surface area contributed by atoms with Crippen molar-refractivity contribution in [3.05, 3.63) is 30.0 Å². The van der Waals surface area contributed by atoms with E-state index in [0.29, 0.717) is 30.9 Å². The van der Waals surface area contributed by atoms with Gasteiger partial charge in [0.2, 0.25) is 5.88 Å². The fourth-order valence-electron chi connectivity index (χ4n) is 2.79. The molecular weight excluding hydrogens is 354 g/mol. The Labute approximate surface area is 157 Å². The maximum absolute atomic E-state index is 5.89. The molecule has 1 aliphatic rings. The van der Waals surface area contributed by atoms with Crippen LogP contribution < -0.4 is 4.74 Å². The first kappa shape index (κ1) is 19.1. The van der Waals surface area contributed by atoms with E-state index in [9.17, 15) is 0 Å². The molecule has 2 aromatic rings. The first-order valence-corrected chi connectivity index (χ1v) is 9.74. The SMILES string of the molecule is COCc1cc(OCC2CN(Cc3nccn3C)CCO2)nc(SC)n1. The van der Waals surface area contributed by atoms with Gasteiger partial charge in [-0.05, 0) is 6.26 Å². The van der Waals surface area contributed by atoms with Gasteiger partial charge in [-0.2, -0.15) is 4.98 Å². The Balaban J connectivity index is 1.55. The second kappa shape index (κ2) is 9.31. The number of hydrogen-bond acceptors (Lipinski definition) is 8. The molecule has 3 rings (SSSR count). The quantitative estimate of drug-likeness (QED) is 0.503. The Morgan fingerprint density at radius 1 is 1.38 bits per heavy atom. The topological polar surface area (TPSA) is 74.5 Å². The van der Waals surface area contributed by atoms with Gasteiger partial charge in [0, 0.05) is 45.7 Å². The number of aromatic nitrogens is 4. The van der Waals surface area contributed by atoms with E-state index in [-0.39, 0.29) is 6.10 Å². The summed E-state index contributed by atoms with van der Waals surface area (Å²) in [6, 6.07) is 1.82. The number of thioether (sulfide) groups is 1. The fraction of sp³-hybridized carbons (Fsp3) is 0.588. The highest BCUT2D eigenvalue weighted by Gasteiger charge is 2.22. The molecule has 1 aliphatic heterocycles. The molecular formula is C17H25N5O3S. The summed E-state index contributed by atoms with van der Waals surface area (Å²) in [4.78, 5) is 15.5. The smallest absolute Gasteiger partial charge is 0.217 e. The van der Waals surface area contributed by atoms with Crippen LogP contribution in [0, 0.1) is 0 Å². The minimum atomic E-state index is 0.00240. The average Bonchev–Trinajstić information content (AvgIpc) is 3.05. The van der Waals surface area contributed by atoms with E-state index in [1.165, 1.54) is 11.8 Å². The summed E-state index contributed by atoms with van der Waals surface area (Å²) < 4.78 is 18.9. The van der Waals surface area contributed by atoms with Crippen LogP contribution in [0.25, 0.3) is 0 Å². The van der Waals surface area contributed by atoms with Crippen molar-refractivity contribution in [2.75, 3.05) is 39.7 Å². The Kier molecular flexibility index (Phi) is 6.84. The van der Waals surface area contributed by atoms with E-state index in [2.05, 4.69) is 19.9 Å². The van der Waals surface area contributed by atoms with E-state index in [1.54, 1.807) is 7.11 Å². The molecule has 0 spiro atoms. The van der Waals surface area contributed by atoms with Gasteiger partial charge in [-0.25, -0.2) is 9.97 Å². The molecule has 0 saturated carbocycles. The number of ether oxygens (including phenoxy) is 3. The highest BCUT2D eigenvalue weighted by atomic mass is 32.2. The summed E-state index contributed by atoms with van der Waals surface area (Å²) >= 11 is 1.48. The molecule has 0 aliphatic carbocycles. The molecule has 3 heterocycles. The summed E-state index contributed by atoms with van der Waals surface area (Å²) in [7, 11) is 3.66. The van der Waals surface area contributed by atoms with Gasteiger partial charge >= 0.3 is 0 Å². The van der Waals surface area contributed by atoms with Gasteiger partial charge in [-0.1, -0.05) is 11.8 Å². The zero-order chi connectivity index (χ0) is 18.4. The molecule has 0 radical (unpaired) electrons. The van der Waals surface area contributed by atoms with Crippen LogP contribution in [0.15, 0.2) is 23.6 Å². The Morgan fingerprint density at radius 2 is 2.27 bits per heavy atom. The number of nitrogens with zero attached hydrogens (tertiary/aromatic N) is 5. The van der Waals surface area contributed by atoms with Crippen LogP contribution in [0.2, 0.25) is 0 Å². The van der Waals surface area contributed by atoms with E-state index >= 15 is 0 Å². The maximum atomic E-state index is 5.89. The van der Waals surface area contributed by atoms with Crippen molar-refractivity contribution < 1.29 is 14.2 Å². The first-order chi connectivity index (χ1) is 12.7. The lowest BCUT2D eigenvalue weighted by Gasteiger charge is -2.32. The zero-order valence-electron chi connectivity index (χ0n) is 15.4. The van der Waals surface area contributed by atoms with Gasteiger partial charge in [-0.15, -0.1) is 0 Å². The lowest BCUT2D eigenvalue weighted by molar-refractivity contribution is -0.0519. The third kappa shape index (κ3) is 5.16. The van der Waals surface area contributed by atoms with Crippen LogP contribution in [-0.2, 0) is 29.7 Å². The van der Waals surface area contributed by atoms with Gasteiger partial charge in [0.05, 0.1) is 25.5 Å². The van der Waals surface area contributed by atoms with Gasteiger partial charge in [0.25, 0.3) is 0 Å². The molecule has 26 heavy (non-hydrogen) atoms. The molecule has 9 heteroatoms. The average molecular weight is 379 g/mol. The maximum Gasteiger partial charge on any atom is 0.217 e. The van der Waals surface area contributed by atoms with Gasteiger partial charge in [0.15, 0.2) is 5.16 Å². The minimum absolute atomic E-state index is 0.00240. The van der Waals surface area contributed by atoms with Crippen molar-refractivity contribution in [2.24, 2.45) is 7.05 Å². The first-order valence-electron chi connectivity index (χ1n) is 8.51. The van der Waals surface area contributed by atoms with Crippen molar-refractivity contribution in [1.82, 2.24) is 24.4 Å². The van der Waals surface area contributed by atoms with Crippen LogP contribution in [0.1, 0.15) is 11.5 Å². The van der Waals surface area contributed by atoms with Crippen LogP contribution >= 0.6 is 11.8 Å². The zero-order valence-corrected chi connectivity index (χ0v) is 16.2. The third-order valence-electron chi connectivity index (χ3n) is 4.14. The van der Waals surface area contributed by atoms with Crippen molar-refractivity contribution in [1.29, 1.82) is 0 Å². The summed E-state index contributed by atoms with van der Waals surface area (Å²) in [5, 5.41) is 0.676. The van der Waals surface area contributed by atoms with Gasteiger partial charge in [-0.3, -0.25) is 4.90 Å². The summed E-state index contributed by atoms with van der Waals surface area (Å²) in [6.45, 7) is 4.08. The molecule has 142 valence electrons. The van der Waals surface area contributed by atoms with E-state index < -0.39 is 0 Å². The second-order valence-corrected chi connectivity index (χ2v) is 6.88. The Hall–Kier alpha value is -1.68. The standard InChI is InChI=1S/C17H25N5O3S/c1-21-5-4-18-15(21)10-22-6-7-24-14(9-22)12-25-16-8-13(11-23-2)19-17(20-16)26-3/h4-5,8,14H,6-7,9-12H2,1-3H3. The van der Waals surface area contributed by atoms with E-state index in [1.807, 2.05) is 36.3 Å². The monoisotopic (exact) mass is 379 g/mol. The van der Waals surface area contributed by atoms with Crippen LogP contribution in [-0.4, -0.2) is 70.2 Å². The predicted octanol–water partition coefficient (Wildman–Crippen LogP) is 1.36. The summed E-state index contributed by atoms with van der Waals surface area (Å²) in [5.74, 6) is 1.61. The van der Waals surface area contributed by atoms with E-state index in [0.717, 1.165) is 31.2 Å². The normalized spacial score (nSPS) is 18.2. The number of aryl methyl sites for hydroxylation is 1. The summed E-state index contributed by atoms with van der Waals surface area (Å²) in [6.07, 6.45) is 5.73. The molecule has 1 unspecified atom stereocenters. The number of hydrogen-bond donors (Lipinski definition) is 0. The lowest BCUT2D eigenvalue weighted by atomic mass is 10.3. The molecule has 2 aromatic heterocycles. The molecule has 8 nitrogen and oxygen atoms in total. The lowest BCUT2D eigenvalue weighted by Crippen LogP contribution is -2.44. The highest BCUT2D eigenvalue weighted by molar-refractivity contribution is 7.98. The second-order valence-electron chi connectivity index (χ2n) is 6.11. The van der Waals surface area contributed by atoms with Crippen molar-refractivity contribution in [3.8, 4) is 5.88 Å². The van der Waals surface area contributed by atoms with Gasteiger partial charge in [0.1, 0.15) is 18.5 Å². The molecule has 0 amide bonds. The van der Waals surface area contributed by atoms with Crippen molar-refractivity contribution >= 4 is 11.8 Å². The predicted molar refractivity (Wildman–Crippen MR) is 98.2 cm³/mol. The van der Waals surface area contributed by atoms with Crippen molar-refractivity contribution in [3.63, 3.8) is 0 Å². The minimum Gasteiger partial charge on any atom is -0.475 e. The van der Waals surface area contributed by atoms with Crippen LogP contribution in [0.4, 0.5) is 0 Å². The number of methoxy groups -OCH3 is 1. The van der Waals surface area contributed by atoms with Crippen molar-refractivity contribution in [2.45, 2.75) is 24.4 Å².